The standard InChI is InChI=1S/C15H12BrClN2OS/c1-9-3-2-4-10(7-9)14(20)19-15(21)18-11-5-6-12(16)13(17)8-11/h2-8H,1H3,(H2,18,19,20,21). The molecule has 21 heavy (non-hydrogen) atoms. The predicted molar refractivity (Wildman–Crippen MR) is 94.0 cm³/mol. The minimum atomic E-state index is -0.251. The first kappa shape index (κ1) is 15.9. The highest BCUT2D eigenvalue weighted by Gasteiger charge is 2.08. The van der Waals surface area contributed by atoms with Crippen molar-refractivity contribution in [3.05, 3.63) is 63.1 Å². The lowest BCUT2D eigenvalue weighted by molar-refractivity contribution is 0.0977. The summed E-state index contributed by atoms with van der Waals surface area (Å²) < 4.78 is 0.796. The molecule has 1 amide bonds. The first-order valence-corrected chi connectivity index (χ1v) is 7.67. The lowest BCUT2D eigenvalue weighted by Crippen LogP contribution is -2.34. The summed E-state index contributed by atoms with van der Waals surface area (Å²) in [7, 11) is 0. The van der Waals surface area contributed by atoms with Crippen molar-refractivity contribution in [1.82, 2.24) is 5.32 Å². The summed E-state index contributed by atoms with van der Waals surface area (Å²) in [5, 5.41) is 6.34. The van der Waals surface area contributed by atoms with Gasteiger partial charge in [-0.15, -0.1) is 0 Å². The number of hydrogen-bond acceptors (Lipinski definition) is 2. The molecule has 0 aliphatic carbocycles. The Balaban J connectivity index is 2.01. The minimum absolute atomic E-state index is 0.222. The monoisotopic (exact) mass is 382 g/mol. The zero-order chi connectivity index (χ0) is 15.4. The second kappa shape index (κ2) is 7.02. The molecule has 0 saturated heterocycles. The van der Waals surface area contributed by atoms with E-state index in [-0.39, 0.29) is 11.0 Å². The molecule has 0 unspecified atom stereocenters. The normalized spacial score (nSPS) is 10.0. The number of anilines is 1. The van der Waals surface area contributed by atoms with Gasteiger partial charge in [0.05, 0.1) is 5.02 Å². The molecule has 2 aromatic carbocycles. The van der Waals surface area contributed by atoms with Crippen LogP contribution in [0.1, 0.15) is 15.9 Å². The van der Waals surface area contributed by atoms with Gasteiger partial charge in [-0.3, -0.25) is 10.1 Å². The smallest absolute Gasteiger partial charge is 0.257 e. The molecule has 0 bridgehead atoms. The first-order valence-electron chi connectivity index (χ1n) is 6.10. The van der Waals surface area contributed by atoms with Crippen LogP contribution in [0, 0.1) is 6.92 Å². The SMILES string of the molecule is Cc1cccc(C(=O)NC(=S)Nc2ccc(Br)c(Cl)c2)c1. The second-order valence-corrected chi connectivity index (χ2v) is 6.08. The Labute approximate surface area is 141 Å². The topological polar surface area (TPSA) is 41.1 Å². The molecular weight excluding hydrogens is 372 g/mol. The number of rotatable bonds is 2. The van der Waals surface area contributed by atoms with Crippen molar-refractivity contribution < 1.29 is 4.79 Å². The fourth-order valence-corrected chi connectivity index (χ4v) is 2.34. The van der Waals surface area contributed by atoms with E-state index >= 15 is 0 Å². The molecule has 0 saturated carbocycles. The Morgan fingerprint density at radius 3 is 2.67 bits per heavy atom. The number of benzene rings is 2. The van der Waals surface area contributed by atoms with Crippen molar-refractivity contribution >= 4 is 56.5 Å². The molecule has 0 aliphatic rings. The molecule has 6 heteroatoms. The Morgan fingerprint density at radius 1 is 1.24 bits per heavy atom. The molecule has 3 nitrogen and oxygen atoms in total. The summed E-state index contributed by atoms with van der Waals surface area (Å²) in [5.41, 5.74) is 2.28. The van der Waals surface area contributed by atoms with Crippen molar-refractivity contribution in [2.45, 2.75) is 6.92 Å². The third kappa shape index (κ3) is 4.52. The molecule has 0 atom stereocenters. The van der Waals surface area contributed by atoms with Crippen LogP contribution < -0.4 is 10.6 Å². The lowest BCUT2D eigenvalue weighted by atomic mass is 10.1. The Morgan fingerprint density at radius 2 is 2.00 bits per heavy atom. The fraction of sp³-hybridized carbons (Fsp3) is 0.0667. The molecule has 0 aliphatic heterocycles. The number of thiocarbonyl (C=S) groups is 1. The summed E-state index contributed by atoms with van der Waals surface area (Å²) in [6, 6.07) is 12.6. The molecule has 0 spiro atoms. The third-order valence-electron chi connectivity index (χ3n) is 2.68. The van der Waals surface area contributed by atoms with Crippen molar-refractivity contribution in [1.29, 1.82) is 0 Å². The van der Waals surface area contributed by atoms with E-state index in [0.29, 0.717) is 16.3 Å². The Bertz CT molecular complexity index is 706. The summed E-state index contributed by atoms with van der Waals surface area (Å²) in [6.45, 7) is 1.93. The number of halogens is 2. The van der Waals surface area contributed by atoms with Crippen LogP contribution in [0.25, 0.3) is 0 Å². The predicted octanol–water partition coefficient (Wildman–Crippen LogP) is 4.54. The van der Waals surface area contributed by atoms with Gasteiger partial charge in [0.2, 0.25) is 0 Å². The number of hydrogen-bond donors (Lipinski definition) is 2. The molecule has 2 aromatic rings. The van der Waals surface area contributed by atoms with E-state index < -0.39 is 0 Å². The quantitative estimate of drug-likeness (QED) is 0.748. The van der Waals surface area contributed by atoms with Crippen LogP contribution in [0.4, 0.5) is 5.69 Å². The van der Waals surface area contributed by atoms with Crippen LogP contribution >= 0.6 is 39.7 Å². The van der Waals surface area contributed by atoms with Gasteiger partial charge in [-0.25, -0.2) is 0 Å². The van der Waals surface area contributed by atoms with E-state index in [1.807, 2.05) is 19.1 Å². The molecule has 0 radical (unpaired) electrons. The maximum atomic E-state index is 12.0. The number of nitrogens with one attached hydrogen (secondary N) is 2. The fourth-order valence-electron chi connectivity index (χ4n) is 1.70. The maximum Gasteiger partial charge on any atom is 0.257 e. The molecule has 2 N–H and O–H groups in total. The summed E-state index contributed by atoms with van der Waals surface area (Å²) >= 11 is 14.4. The molecule has 0 aromatic heterocycles. The number of amides is 1. The van der Waals surface area contributed by atoms with E-state index in [4.69, 9.17) is 23.8 Å². The van der Waals surface area contributed by atoms with Gasteiger partial charge in [0.15, 0.2) is 5.11 Å². The average Bonchev–Trinajstić information content (AvgIpc) is 2.43. The van der Waals surface area contributed by atoms with Crippen LogP contribution in [0.2, 0.25) is 5.02 Å². The Hall–Kier alpha value is -1.43. The number of carbonyl (C=O) groups is 1. The molecule has 0 heterocycles. The Kier molecular flexibility index (Phi) is 5.33. The van der Waals surface area contributed by atoms with E-state index in [1.54, 1.807) is 30.3 Å². The summed E-state index contributed by atoms with van der Waals surface area (Å²) in [6.07, 6.45) is 0. The van der Waals surface area contributed by atoms with Crippen LogP contribution in [-0.4, -0.2) is 11.0 Å². The van der Waals surface area contributed by atoms with Gasteiger partial charge in [0, 0.05) is 15.7 Å². The van der Waals surface area contributed by atoms with Gasteiger partial charge in [-0.1, -0.05) is 29.3 Å². The van der Waals surface area contributed by atoms with Crippen molar-refractivity contribution in [2.75, 3.05) is 5.32 Å². The zero-order valence-corrected chi connectivity index (χ0v) is 14.3. The van der Waals surface area contributed by atoms with Crippen molar-refractivity contribution in [3.8, 4) is 0 Å². The molecule has 0 fully saturated rings. The van der Waals surface area contributed by atoms with Crippen LogP contribution in [0.3, 0.4) is 0 Å². The van der Waals surface area contributed by atoms with Crippen LogP contribution in [0.15, 0.2) is 46.9 Å². The van der Waals surface area contributed by atoms with E-state index in [0.717, 1.165) is 10.0 Å². The second-order valence-electron chi connectivity index (χ2n) is 4.41. The van der Waals surface area contributed by atoms with E-state index in [2.05, 4.69) is 26.6 Å². The van der Waals surface area contributed by atoms with Gasteiger partial charge >= 0.3 is 0 Å². The molecular formula is C15H12BrClN2OS. The largest absolute Gasteiger partial charge is 0.332 e. The van der Waals surface area contributed by atoms with Crippen LogP contribution in [0.5, 0.6) is 0 Å². The number of aryl methyl sites for hydroxylation is 1. The maximum absolute atomic E-state index is 12.0. The van der Waals surface area contributed by atoms with Crippen LogP contribution in [-0.2, 0) is 0 Å². The highest BCUT2D eigenvalue weighted by Crippen LogP contribution is 2.25. The molecule has 2 rings (SSSR count). The molecule has 108 valence electrons. The van der Waals surface area contributed by atoms with Crippen molar-refractivity contribution in [3.63, 3.8) is 0 Å². The highest BCUT2D eigenvalue weighted by molar-refractivity contribution is 9.10. The zero-order valence-electron chi connectivity index (χ0n) is 11.1. The van der Waals surface area contributed by atoms with E-state index in [9.17, 15) is 4.79 Å². The van der Waals surface area contributed by atoms with E-state index in [1.165, 1.54) is 0 Å². The average molecular weight is 384 g/mol. The summed E-state index contributed by atoms with van der Waals surface area (Å²) in [4.78, 5) is 12.0. The van der Waals surface area contributed by atoms with Gasteiger partial charge in [0.25, 0.3) is 5.91 Å². The first-order chi connectivity index (χ1) is 9.95. The minimum Gasteiger partial charge on any atom is -0.332 e. The van der Waals surface area contributed by atoms with Gasteiger partial charge in [0.1, 0.15) is 0 Å². The van der Waals surface area contributed by atoms with Gasteiger partial charge in [-0.05, 0) is 65.4 Å². The van der Waals surface area contributed by atoms with Crippen molar-refractivity contribution in [2.24, 2.45) is 0 Å². The summed E-state index contributed by atoms with van der Waals surface area (Å²) in [5.74, 6) is -0.251. The number of carbonyl (C=O) groups excluding carboxylic acids is 1. The van der Waals surface area contributed by atoms with Gasteiger partial charge in [-0.2, -0.15) is 0 Å². The third-order valence-corrected chi connectivity index (χ3v) is 4.12. The van der Waals surface area contributed by atoms with Gasteiger partial charge < -0.3 is 5.32 Å². The highest BCUT2D eigenvalue weighted by atomic mass is 79.9. The lowest BCUT2D eigenvalue weighted by Gasteiger charge is -2.10.